The molecule has 0 spiro atoms. The van der Waals surface area contributed by atoms with Gasteiger partial charge in [0.05, 0.1) is 12.8 Å². The number of aliphatic imine (C=N–C) groups is 1. The summed E-state index contributed by atoms with van der Waals surface area (Å²) in [4.78, 5) is 4.26. The van der Waals surface area contributed by atoms with Crippen LogP contribution in [0.4, 0.5) is 0 Å². The molecule has 1 aromatic rings. The highest BCUT2D eigenvalue weighted by Crippen LogP contribution is 2.46. The number of furan rings is 1. The SMILES string of the molecule is CN=C(NCc1ccco1)N[C@@H]1C[C@H]1C1CCC1. The van der Waals surface area contributed by atoms with Crippen LogP contribution in [0.5, 0.6) is 0 Å². The number of rotatable bonds is 4. The molecule has 0 radical (unpaired) electrons. The Morgan fingerprint density at radius 3 is 3.00 bits per heavy atom. The standard InChI is InChI=1S/C14H21N3O/c1-15-14(16-9-11-6-3-7-18-11)17-13-8-12(13)10-4-2-5-10/h3,6-7,10,12-13H,2,4-5,8-9H2,1H3,(H2,15,16,17)/t12-,13+/m0/s1. The van der Waals surface area contributed by atoms with E-state index in [2.05, 4.69) is 15.6 Å². The molecule has 2 fully saturated rings. The first-order chi connectivity index (χ1) is 8.86. The summed E-state index contributed by atoms with van der Waals surface area (Å²) < 4.78 is 5.29. The number of hydrogen-bond acceptors (Lipinski definition) is 2. The monoisotopic (exact) mass is 247 g/mol. The average molecular weight is 247 g/mol. The second kappa shape index (κ2) is 5.04. The molecule has 0 aromatic carbocycles. The van der Waals surface area contributed by atoms with Gasteiger partial charge in [-0.05, 0) is 30.4 Å². The molecule has 0 saturated heterocycles. The van der Waals surface area contributed by atoms with E-state index < -0.39 is 0 Å². The lowest BCUT2D eigenvalue weighted by Crippen LogP contribution is -2.39. The predicted molar refractivity (Wildman–Crippen MR) is 71.3 cm³/mol. The van der Waals surface area contributed by atoms with Gasteiger partial charge >= 0.3 is 0 Å². The molecule has 2 aliphatic rings. The molecule has 18 heavy (non-hydrogen) atoms. The second-order valence-electron chi connectivity index (χ2n) is 5.35. The Hall–Kier alpha value is -1.45. The summed E-state index contributed by atoms with van der Waals surface area (Å²) in [5.41, 5.74) is 0. The maximum absolute atomic E-state index is 5.29. The summed E-state index contributed by atoms with van der Waals surface area (Å²) in [6.45, 7) is 0.688. The molecule has 2 saturated carbocycles. The first-order valence-electron chi connectivity index (χ1n) is 6.86. The molecule has 98 valence electrons. The van der Waals surface area contributed by atoms with Gasteiger partial charge in [-0.15, -0.1) is 0 Å². The minimum Gasteiger partial charge on any atom is -0.467 e. The Morgan fingerprint density at radius 2 is 2.39 bits per heavy atom. The van der Waals surface area contributed by atoms with Gasteiger partial charge in [0.25, 0.3) is 0 Å². The molecule has 2 atom stereocenters. The maximum atomic E-state index is 5.29. The van der Waals surface area contributed by atoms with E-state index in [1.165, 1.54) is 25.7 Å². The van der Waals surface area contributed by atoms with E-state index in [0.29, 0.717) is 12.6 Å². The van der Waals surface area contributed by atoms with Crippen molar-refractivity contribution in [3.8, 4) is 0 Å². The Morgan fingerprint density at radius 1 is 1.50 bits per heavy atom. The average Bonchev–Trinajstić information content (AvgIpc) is 2.86. The van der Waals surface area contributed by atoms with Crippen molar-refractivity contribution in [1.29, 1.82) is 0 Å². The fraction of sp³-hybridized carbons (Fsp3) is 0.643. The van der Waals surface area contributed by atoms with E-state index in [0.717, 1.165) is 23.6 Å². The Labute approximate surface area is 108 Å². The molecule has 2 aliphatic carbocycles. The minimum atomic E-state index is 0.637. The van der Waals surface area contributed by atoms with E-state index in [1.807, 2.05) is 19.2 Å². The van der Waals surface area contributed by atoms with Gasteiger partial charge < -0.3 is 15.1 Å². The quantitative estimate of drug-likeness (QED) is 0.633. The highest BCUT2D eigenvalue weighted by Gasteiger charge is 2.45. The second-order valence-corrected chi connectivity index (χ2v) is 5.35. The van der Waals surface area contributed by atoms with Crippen LogP contribution in [0.1, 0.15) is 31.4 Å². The molecule has 0 amide bonds. The molecule has 4 heteroatoms. The maximum Gasteiger partial charge on any atom is 0.191 e. The van der Waals surface area contributed by atoms with Gasteiger partial charge in [-0.1, -0.05) is 19.3 Å². The lowest BCUT2D eigenvalue weighted by Gasteiger charge is -2.25. The van der Waals surface area contributed by atoms with Crippen LogP contribution in [-0.4, -0.2) is 19.0 Å². The Balaban J connectivity index is 1.43. The van der Waals surface area contributed by atoms with Gasteiger partial charge in [-0.25, -0.2) is 0 Å². The fourth-order valence-electron chi connectivity index (χ4n) is 2.72. The van der Waals surface area contributed by atoms with Gasteiger partial charge in [-0.3, -0.25) is 4.99 Å². The topological polar surface area (TPSA) is 49.6 Å². The highest BCUT2D eigenvalue weighted by atomic mass is 16.3. The molecule has 2 N–H and O–H groups in total. The summed E-state index contributed by atoms with van der Waals surface area (Å²) in [5.74, 6) is 3.69. The van der Waals surface area contributed by atoms with Gasteiger partial charge in [-0.2, -0.15) is 0 Å². The fourth-order valence-corrected chi connectivity index (χ4v) is 2.72. The Bertz CT molecular complexity index is 409. The summed E-state index contributed by atoms with van der Waals surface area (Å²) in [5, 5.41) is 6.78. The van der Waals surface area contributed by atoms with Crippen LogP contribution < -0.4 is 10.6 Å². The van der Waals surface area contributed by atoms with Crippen molar-refractivity contribution in [2.45, 2.75) is 38.3 Å². The zero-order valence-electron chi connectivity index (χ0n) is 10.9. The largest absolute Gasteiger partial charge is 0.467 e. The molecular formula is C14H21N3O. The van der Waals surface area contributed by atoms with Crippen LogP contribution in [0.3, 0.4) is 0 Å². The first-order valence-corrected chi connectivity index (χ1v) is 6.86. The third kappa shape index (κ3) is 2.52. The highest BCUT2D eigenvalue weighted by molar-refractivity contribution is 5.80. The van der Waals surface area contributed by atoms with Gasteiger partial charge in [0.1, 0.15) is 5.76 Å². The van der Waals surface area contributed by atoms with Crippen molar-refractivity contribution in [2.24, 2.45) is 16.8 Å². The van der Waals surface area contributed by atoms with Gasteiger partial charge in [0.2, 0.25) is 0 Å². The summed E-state index contributed by atoms with van der Waals surface area (Å²) in [6.07, 6.45) is 7.30. The van der Waals surface area contributed by atoms with Gasteiger partial charge in [0, 0.05) is 13.1 Å². The zero-order valence-corrected chi connectivity index (χ0v) is 10.9. The third-order valence-corrected chi connectivity index (χ3v) is 4.15. The molecule has 1 aromatic heterocycles. The van der Waals surface area contributed by atoms with Crippen molar-refractivity contribution in [1.82, 2.24) is 10.6 Å². The summed E-state index contributed by atoms with van der Waals surface area (Å²) in [7, 11) is 1.82. The van der Waals surface area contributed by atoms with Crippen molar-refractivity contribution in [3.05, 3.63) is 24.2 Å². The van der Waals surface area contributed by atoms with E-state index in [-0.39, 0.29) is 0 Å². The molecule has 1 heterocycles. The number of guanidine groups is 1. The van der Waals surface area contributed by atoms with E-state index in [9.17, 15) is 0 Å². The van der Waals surface area contributed by atoms with Crippen LogP contribution in [0.15, 0.2) is 27.8 Å². The van der Waals surface area contributed by atoms with Crippen LogP contribution in [-0.2, 0) is 6.54 Å². The molecule has 3 rings (SSSR count). The molecule has 0 bridgehead atoms. The summed E-state index contributed by atoms with van der Waals surface area (Å²) in [6, 6.07) is 4.51. The van der Waals surface area contributed by atoms with Crippen LogP contribution in [0.2, 0.25) is 0 Å². The van der Waals surface area contributed by atoms with Crippen molar-refractivity contribution < 1.29 is 4.42 Å². The van der Waals surface area contributed by atoms with Crippen molar-refractivity contribution in [3.63, 3.8) is 0 Å². The molecular weight excluding hydrogens is 226 g/mol. The van der Waals surface area contributed by atoms with Crippen LogP contribution in [0.25, 0.3) is 0 Å². The number of nitrogens with zero attached hydrogens (tertiary/aromatic N) is 1. The van der Waals surface area contributed by atoms with Crippen molar-refractivity contribution in [2.75, 3.05) is 7.05 Å². The molecule has 0 aliphatic heterocycles. The lowest BCUT2D eigenvalue weighted by atomic mass is 9.81. The smallest absolute Gasteiger partial charge is 0.191 e. The predicted octanol–water partition coefficient (Wildman–Crippen LogP) is 2.13. The third-order valence-electron chi connectivity index (χ3n) is 4.15. The first kappa shape index (κ1) is 11.6. The lowest BCUT2D eigenvalue weighted by molar-refractivity contribution is 0.271. The van der Waals surface area contributed by atoms with Crippen LogP contribution in [0, 0.1) is 11.8 Å². The summed E-state index contributed by atoms with van der Waals surface area (Å²) >= 11 is 0. The number of hydrogen-bond donors (Lipinski definition) is 2. The van der Waals surface area contributed by atoms with Gasteiger partial charge in [0.15, 0.2) is 5.96 Å². The van der Waals surface area contributed by atoms with Crippen LogP contribution >= 0.6 is 0 Å². The molecule has 0 unspecified atom stereocenters. The number of nitrogens with one attached hydrogen (secondary N) is 2. The van der Waals surface area contributed by atoms with Crippen molar-refractivity contribution >= 4 is 5.96 Å². The van der Waals surface area contributed by atoms with E-state index >= 15 is 0 Å². The Kier molecular flexibility index (Phi) is 3.26. The van der Waals surface area contributed by atoms with E-state index in [4.69, 9.17) is 4.42 Å². The van der Waals surface area contributed by atoms with E-state index in [1.54, 1.807) is 6.26 Å². The zero-order chi connectivity index (χ0) is 12.4. The molecule has 4 nitrogen and oxygen atoms in total. The normalized spacial score (nSPS) is 27.7. The minimum absolute atomic E-state index is 0.637.